The summed E-state index contributed by atoms with van der Waals surface area (Å²) in [5.41, 5.74) is 13.0. The number of carbonyl (C=O) groups excluding carboxylic acids is 1. The van der Waals surface area contributed by atoms with Crippen molar-refractivity contribution >= 4 is 5.91 Å². The molecule has 2 rings (SSSR count). The number of nitrogens with two attached hydrogens (primary N) is 2. The molecule has 4 N–H and O–H groups in total. The molecule has 1 heterocycles. The third-order valence-electron chi connectivity index (χ3n) is 3.66. The number of hydrogen-bond acceptors (Lipinski definition) is 3. The maximum Gasteiger partial charge on any atom is 0.220 e. The number of likely N-dealkylation sites (tertiary alicyclic amines) is 1. The molecule has 0 aromatic heterocycles. The van der Waals surface area contributed by atoms with Gasteiger partial charge in [0.1, 0.15) is 0 Å². The van der Waals surface area contributed by atoms with E-state index < -0.39 is 0 Å². The summed E-state index contributed by atoms with van der Waals surface area (Å²) >= 11 is 0. The van der Waals surface area contributed by atoms with Gasteiger partial charge in [-0.25, -0.2) is 0 Å². The van der Waals surface area contributed by atoms with E-state index in [0.29, 0.717) is 6.54 Å². The summed E-state index contributed by atoms with van der Waals surface area (Å²) in [4.78, 5) is 13.5. The van der Waals surface area contributed by atoms with Crippen LogP contribution in [0.1, 0.15) is 24.0 Å². The van der Waals surface area contributed by atoms with Crippen molar-refractivity contribution in [3.05, 3.63) is 35.4 Å². The molecular formula is C16H21N3O. The van der Waals surface area contributed by atoms with Gasteiger partial charge in [-0.3, -0.25) is 9.69 Å². The molecule has 0 bridgehead atoms. The Labute approximate surface area is 120 Å². The fourth-order valence-corrected chi connectivity index (χ4v) is 2.53. The highest BCUT2D eigenvalue weighted by molar-refractivity contribution is 5.76. The summed E-state index contributed by atoms with van der Waals surface area (Å²) in [5.74, 6) is 5.80. The fourth-order valence-electron chi connectivity index (χ4n) is 2.53. The molecular weight excluding hydrogens is 250 g/mol. The number of rotatable bonds is 3. The first-order chi connectivity index (χ1) is 9.69. The van der Waals surface area contributed by atoms with Crippen molar-refractivity contribution in [2.75, 3.05) is 19.6 Å². The van der Waals surface area contributed by atoms with Gasteiger partial charge in [-0.1, -0.05) is 24.0 Å². The Hall–Kier alpha value is -1.83. The van der Waals surface area contributed by atoms with E-state index in [1.54, 1.807) is 0 Å². The molecule has 1 aromatic rings. The van der Waals surface area contributed by atoms with E-state index in [1.807, 2.05) is 12.1 Å². The predicted molar refractivity (Wildman–Crippen MR) is 79.6 cm³/mol. The zero-order valence-corrected chi connectivity index (χ0v) is 11.6. The Balaban J connectivity index is 1.92. The number of piperidine rings is 1. The summed E-state index contributed by atoms with van der Waals surface area (Å²) in [6.45, 7) is 3.12. The molecule has 4 heteroatoms. The van der Waals surface area contributed by atoms with E-state index in [9.17, 15) is 4.79 Å². The Morgan fingerprint density at radius 1 is 1.35 bits per heavy atom. The van der Waals surface area contributed by atoms with Gasteiger partial charge in [0, 0.05) is 18.0 Å². The lowest BCUT2D eigenvalue weighted by Crippen LogP contribution is -2.38. The predicted octanol–water partition coefficient (Wildman–Crippen LogP) is 0.694. The van der Waals surface area contributed by atoms with Crippen LogP contribution in [0.2, 0.25) is 0 Å². The third-order valence-corrected chi connectivity index (χ3v) is 3.66. The van der Waals surface area contributed by atoms with Gasteiger partial charge >= 0.3 is 0 Å². The van der Waals surface area contributed by atoms with Crippen LogP contribution in [-0.4, -0.2) is 30.4 Å². The second-order valence-electron chi connectivity index (χ2n) is 5.16. The summed E-state index contributed by atoms with van der Waals surface area (Å²) < 4.78 is 0. The lowest BCUT2D eigenvalue weighted by atomic mass is 9.96. The van der Waals surface area contributed by atoms with E-state index >= 15 is 0 Å². The summed E-state index contributed by atoms with van der Waals surface area (Å²) in [5, 5.41) is 0. The maximum atomic E-state index is 11.1. The lowest BCUT2D eigenvalue weighted by Gasteiger charge is -2.30. The smallest absolute Gasteiger partial charge is 0.220 e. The number of nitrogens with zero attached hydrogens (tertiary/aromatic N) is 1. The summed E-state index contributed by atoms with van der Waals surface area (Å²) in [7, 11) is 0. The molecule has 1 saturated heterocycles. The van der Waals surface area contributed by atoms with Crippen molar-refractivity contribution in [1.82, 2.24) is 4.90 Å². The van der Waals surface area contributed by atoms with Gasteiger partial charge in [0.15, 0.2) is 0 Å². The monoisotopic (exact) mass is 271 g/mol. The van der Waals surface area contributed by atoms with Crippen molar-refractivity contribution in [1.29, 1.82) is 0 Å². The molecule has 1 aliphatic heterocycles. The molecule has 106 valence electrons. The van der Waals surface area contributed by atoms with Crippen LogP contribution in [0, 0.1) is 17.8 Å². The molecule has 0 atom stereocenters. The van der Waals surface area contributed by atoms with Crippen LogP contribution in [0.3, 0.4) is 0 Å². The second-order valence-corrected chi connectivity index (χ2v) is 5.16. The van der Waals surface area contributed by atoms with E-state index in [0.717, 1.165) is 38.0 Å². The Morgan fingerprint density at radius 2 is 2.10 bits per heavy atom. The van der Waals surface area contributed by atoms with E-state index in [4.69, 9.17) is 11.5 Å². The molecule has 0 unspecified atom stereocenters. The average Bonchev–Trinajstić information content (AvgIpc) is 2.46. The second kappa shape index (κ2) is 7.09. The van der Waals surface area contributed by atoms with Crippen LogP contribution in [0.5, 0.6) is 0 Å². The normalized spacial score (nSPS) is 16.4. The molecule has 0 spiro atoms. The Bertz CT molecular complexity index is 522. The quantitative estimate of drug-likeness (QED) is 0.795. The largest absolute Gasteiger partial charge is 0.369 e. The summed E-state index contributed by atoms with van der Waals surface area (Å²) in [6.07, 6.45) is 1.73. The van der Waals surface area contributed by atoms with Crippen LogP contribution in [0.15, 0.2) is 24.3 Å². The number of benzene rings is 1. The topological polar surface area (TPSA) is 72.3 Å². The molecule has 1 aliphatic rings. The van der Waals surface area contributed by atoms with Crippen LogP contribution in [0.25, 0.3) is 0 Å². The number of hydrogen-bond donors (Lipinski definition) is 2. The highest BCUT2D eigenvalue weighted by Gasteiger charge is 2.22. The van der Waals surface area contributed by atoms with Crippen molar-refractivity contribution in [3.8, 4) is 11.8 Å². The molecule has 20 heavy (non-hydrogen) atoms. The van der Waals surface area contributed by atoms with Crippen LogP contribution in [-0.2, 0) is 11.3 Å². The van der Waals surface area contributed by atoms with E-state index in [2.05, 4.69) is 28.9 Å². The van der Waals surface area contributed by atoms with Crippen LogP contribution >= 0.6 is 0 Å². The lowest BCUT2D eigenvalue weighted by molar-refractivity contribution is -0.123. The molecule has 0 aliphatic carbocycles. The van der Waals surface area contributed by atoms with Gasteiger partial charge in [0.2, 0.25) is 5.91 Å². The molecule has 1 aromatic carbocycles. The third kappa shape index (κ3) is 4.09. The molecule has 1 fully saturated rings. The van der Waals surface area contributed by atoms with Crippen molar-refractivity contribution in [2.45, 2.75) is 19.4 Å². The van der Waals surface area contributed by atoms with Gasteiger partial charge < -0.3 is 11.5 Å². The zero-order valence-electron chi connectivity index (χ0n) is 11.6. The SMILES string of the molecule is NCC#Cc1cccc(CN2CCC(C(N)=O)CC2)c1. The minimum Gasteiger partial charge on any atom is -0.369 e. The Morgan fingerprint density at radius 3 is 2.75 bits per heavy atom. The van der Waals surface area contributed by atoms with E-state index in [-0.39, 0.29) is 11.8 Å². The van der Waals surface area contributed by atoms with Gasteiger partial charge in [-0.15, -0.1) is 0 Å². The van der Waals surface area contributed by atoms with Crippen molar-refractivity contribution < 1.29 is 4.79 Å². The van der Waals surface area contributed by atoms with Gasteiger partial charge in [-0.05, 0) is 43.6 Å². The number of amides is 1. The highest BCUT2D eigenvalue weighted by Crippen LogP contribution is 2.18. The van der Waals surface area contributed by atoms with Crippen molar-refractivity contribution in [2.24, 2.45) is 17.4 Å². The average molecular weight is 271 g/mol. The molecule has 4 nitrogen and oxygen atoms in total. The minimum atomic E-state index is -0.163. The molecule has 0 radical (unpaired) electrons. The van der Waals surface area contributed by atoms with Crippen LogP contribution < -0.4 is 11.5 Å². The van der Waals surface area contributed by atoms with Gasteiger partial charge in [0.25, 0.3) is 0 Å². The van der Waals surface area contributed by atoms with Gasteiger partial charge in [-0.2, -0.15) is 0 Å². The zero-order chi connectivity index (χ0) is 14.4. The Kier molecular flexibility index (Phi) is 5.16. The molecule has 1 amide bonds. The summed E-state index contributed by atoms with van der Waals surface area (Å²) in [6, 6.07) is 8.22. The number of primary amides is 1. The van der Waals surface area contributed by atoms with Crippen molar-refractivity contribution in [3.63, 3.8) is 0 Å². The highest BCUT2D eigenvalue weighted by atomic mass is 16.1. The van der Waals surface area contributed by atoms with E-state index in [1.165, 1.54) is 5.56 Å². The molecule has 0 saturated carbocycles. The minimum absolute atomic E-state index is 0.0491. The van der Waals surface area contributed by atoms with Gasteiger partial charge in [0.05, 0.1) is 6.54 Å². The number of carbonyl (C=O) groups is 1. The standard InChI is InChI=1S/C16H21N3O/c17-8-2-5-13-3-1-4-14(11-13)12-19-9-6-15(7-10-19)16(18)20/h1,3-4,11,15H,6-10,12,17H2,(H2,18,20). The fraction of sp³-hybridized carbons (Fsp3) is 0.438. The first kappa shape index (κ1) is 14.6. The first-order valence-electron chi connectivity index (χ1n) is 6.98. The van der Waals surface area contributed by atoms with Crippen LogP contribution in [0.4, 0.5) is 0 Å². The maximum absolute atomic E-state index is 11.1. The first-order valence-corrected chi connectivity index (χ1v) is 6.98.